The Bertz CT molecular complexity index is 984. The van der Waals surface area contributed by atoms with Gasteiger partial charge in [0.2, 0.25) is 0 Å². The zero-order chi connectivity index (χ0) is 19.0. The van der Waals surface area contributed by atoms with Gasteiger partial charge >= 0.3 is 0 Å². The lowest BCUT2D eigenvalue weighted by Gasteiger charge is -2.19. The van der Waals surface area contributed by atoms with E-state index in [1.165, 1.54) is 6.33 Å². The molecular weight excluding hydrogens is 344 g/mol. The third-order valence-corrected chi connectivity index (χ3v) is 5.13. The molecule has 0 saturated heterocycles. The fourth-order valence-corrected chi connectivity index (χ4v) is 3.72. The number of hydrogen-bond donors (Lipinski definition) is 2. The molecule has 0 aliphatic heterocycles. The molecular formula is C20H22N4O3. The first-order valence-electron chi connectivity index (χ1n) is 8.92. The highest BCUT2D eigenvalue weighted by Gasteiger charge is 2.44. The summed E-state index contributed by atoms with van der Waals surface area (Å²) >= 11 is 0. The number of nitrogens with zero attached hydrogens (tertiary/aromatic N) is 4. The van der Waals surface area contributed by atoms with Crippen LogP contribution >= 0.6 is 0 Å². The second-order valence-corrected chi connectivity index (χ2v) is 6.79. The van der Waals surface area contributed by atoms with Crippen LogP contribution < -0.4 is 4.74 Å². The van der Waals surface area contributed by atoms with E-state index in [4.69, 9.17) is 4.74 Å². The van der Waals surface area contributed by atoms with Crippen molar-refractivity contribution in [1.82, 2.24) is 14.5 Å². The predicted molar refractivity (Wildman–Crippen MR) is 102 cm³/mol. The summed E-state index contributed by atoms with van der Waals surface area (Å²) in [5.74, 6) is 0.635. The molecule has 7 nitrogen and oxygen atoms in total. The van der Waals surface area contributed by atoms with Gasteiger partial charge in [0.25, 0.3) is 0 Å². The molecule has 7 heteroatoms. The SMILES string of the molecule is C/N=C/c1ccccc1O[C@@H]1C[C@H](n2ccc3c(C)ncnc32)[C@@H](O)[C@H]1O. The van der Waals surface area contributed by atoms with Crippen LogP contribution in [0.3, 0.4) is 0 Å². The van der Waals surface area contributed by atoms with E-state index < -0.39 is 18.3 Å². The molecule has 1 aliphatic rings. The number of aliphatic hydroxyl groups excluding tert-OH is 2. The zero-order valence-electron chi connectivity index (χ0n) is 15.2. The Hall–Kier alpha value is -2.77. The number of aryl methyl sites for hydroxylation is 1. The standard InChI is InChI=1S/C20H22N4O3/c1-12-14-7-8-24(20(14)23-11-22-12)15-9-17(19(26)18(15)25)27-16-6-4-3-5-13(16)10-21-2/h3-8,10-11,15,17-19,25-26H,9H2,1-2H3/b21-10+/t15-,17+,18+,19-/m0/s1. The lowest BCUT2D eigenvalue weighted by molar-refractivity contribution is -0.0164. The van der Waals surface area contributed by atoms with Crippen molar-refractivity contribution in [2.45, 2.75) is 37.7 Å². The maximum atomic E-state index is 10.7. The molecule has 2 heterocycles. The Kier molecular flexibility index (Phi) is 4.63. The molecule has 1 aliphatic carbocycles. The molecule has 0 radical (unpaired) electrons. The first kappa shape index (κ1) is 17.6. The van der Waals surface area contributed by atoms with Gasteiger partial charge in [-0.15, -0.1) is 0 Å². The number of ether oxygens (including phenoxy) is 1. The molecule has 0 unspecified atom stereocenters. The number of fused-ring (bicyclic) bond motifs is 1. The number of para-hydroxylation sites is 1. The Balaban J connectivity index is 1.62. The molecule has 4 atom stereocenters. The van der Waals surface area contributed by atoms with Crippen molar-refractivity contribution in [3.05, 3.63) is 54.1 Å². The third kappa shape index (κ3) is 3.09. The van der Waals surface area contributed by atoms with E-state index >= 15 is 0 Å². The van der Waals surface area contributed by atoms with Crippen LogP contribution in [-0.4, -0.2) is 56.3 Å². The van der Waals surface area contributed by atoms with E-state index in [0.717, 1.165) is 22.3 Å². The van der Waals surface area contributed by atoms with Crippen LogP contribution in [0.15, 0.2) is 47.8 Å². The van der Waals surface area contributed by atoms with Crippen molar-refractivity contribution in [3.8, 4) is 5.75 Å². The fraction of sp³-hybridized carbons (Fsp3) is 0.350. The van der Waals surface area contributed by atoms with Gasteiger partial charge in [-0.3, -0.25) is 4.99 Å². The highest BCUT2D eigenvalue weighted by molar-refractivity contribution is 5.83. The molecule has 27 heavy (non-hydrogen) atoms. The quantitative estimate of drug-likeness (QED) is 0.688. The Labute approximate surface area is 157 Å². The average Bonchev–Trinajstić information content (AvgIpc) is 3.21. The molecule has 2 N–H and O–H groups in total. The number of aromatic nitrogens is 3. The van der Waals surface area contributed by atoms with E-state index in [9.17, 15) is 10.2 Å². The molecule has 4 rings (SSSR count). The van der Waals surface area contributed by atoms with Crippen molar-refractivity contribution in [3.63, 3.8) is 0 Å². The van der Waals surface area contributed by atoms with Crippen molar-refractivity contribution < 1.29 is 14.9 Å². The van der Waals surface area contributed by atoms with Crippen LogP contribution in [0.1, 0.15) is 23.7 Å². The summed E-state index contributed by atoms with van der Waals surface area (Å²) in [6.45, 7) is 1.92. The summed E-state index contributed by atoms with van der Waals surface area (Å²) in [5.41, 5.74) is 2.46. The Morgan fingerprint density at radius 1 is 1.19 bits per heavy atom. The van der Waals surface area contributed by atoms with Gasteiger partial charge in [-0.1, -0.05) is 12.1 Å². The van der Waals surface area contributed by atoms with Crippen LogP contribution in [0.5, 0.6) is 5.75 Å². The van der Waals surface area contributed by atoms with Crippen molar-refractivity contribution in [1.29, 1.82) is 0 Å². The van der Waals surface area contributed by atoms with Crippen molar-refractivity contribution in [2.75, 3.05) is 7.05 Å². The number of hydrogen-bond acceptors (Lipinski definition) is 6. The van der Waals surface area contributed by atoms with Crippen LogP contribution in [0.2, 0.25) is 0 Å². The Morgan fingerprint density at radius 3 is 2.81 bits per heavy atom. The van der Waals surface area contributed by atoms with Crippen LogP contribution in [0.25, 0.3) is 11.0 Å². The highest BCUT2D eigenvalue weighted by Crippen LogP contribution is 2.36. The second-order valence-electron chi connectivity index (χ2n) is 6.79. The summed E-state index contributed by atoms with van der Waals surface area (Å²) < 4.78 is 7.96. The minimum atomic E-state index is -0.998. The van der Waals surface area contributed by atoms with E-state index in [1.807, 2.05) is 48.0 Å². The lowest BCUT2D eigenvalue weighted by Crippen LogP contribution is -2.34. The summed E-state index contributed by atoms with van der Waals surface area (Å²) in [5, 5.41) is 22.2. The van der Waals surface area contributed by atoms with Gasteiger partial charge in [0, 0.05) is 36.8 Å². The molecule has 2 aromatic heterocycles. The van der Waals surface area contributed by atoms with Crippen LogP contribution in [-0.2, 0) is 0 Å². The van der Waals surface area contributed by atoms with Gasteiger partial charge in [-0.05, 0) is 25.1 Å². The Morgan fingerprint density at radius 2 is 2.00 bits per heavy atom. The molecule has 1 saturated carbocycles. The topological polar surface area (TPSA) is 92.8 Å². The van der Waals surface area contributed by atoms with Gasteiger partial charge in [0.15, 0.2) is 0 Å². The number of aliphatic hydroxyl groups is 2. The van der Waals surface area contributed by atoms with Gasteiger partial charge in [0.05, 0.1) is 11.7 Å². The highest BCUT2D eigenvalue weighted by atomic mass is 16.5. The van der Waals surface area contributed by atoms with Crippen LogP contribution in [0.4, 0.5) is 0 Å². The maximum absolute atomic E-state index is 10.7. The number of aliphatic imine (C=N–C) groups is 1. The molecule has 3 aromatic rings. The average molecular weight is 366 g/mol. The molecule has 0 spiro atoms. The van der Waals surface area contributed by atoms with E-state index in [1.54, 1.807) is 13.3 Å². The maximum Gasteiger partial charge on any atom is 0.143 e. The number of rotatable bonds is 4. The largest absolute Gasteiger partial charge is 0.487 e. The normalized spacial score (nSPS) is 25.5. The predicted octanol–water partition coefficient (Wildman–Crippen LogP) is 1.90. The number of benzene rings is 1. The summed E-state index contributed by atoms with van der Waals surface area (Å²) in [4.78, 5) is 12.6. The minimum absolute atomic E-state index is 0.330. The first-order valence-corrected chi connectivity index (χ1v) is 8.92. The smallest absolute Gasteiger partial charge is 0.143 e. The van der Waals surface area contributed by atoms with E-state index in [0.29, 0.717) is 12.2 Å². The summed E-state index contributed by atoms with van der Waals surface area (Å²) in [6.07, 6.45) is 3.09. The molecule has 1 fully saturated rings. The molecule has 140 valence electrons. The summed E-state index contributed by atoms with van der Waals surface area (Å²) in [7, 11) is 1.70. The fourth-order valence-electron chi connectivity index (χ4n) is 3.72. The molecule has 1 aromatic carbocycles. The lowest BCUT2D eigenvalue weighted by atomic mass is 10.2. The third-order valence-electron chi connectivity index (χ3n) is 5.13. The molecule has 0 bridgehead atoms. The second kappa shape index (κ2) is 7.09. The minimum Gasteiger partial charge on any atom is -0.487 e. The zero-order valence-corrected chi connectivity index (χ0v) is 15.2. The monoisotopic (exact) mass is 366 g/mol. The van der Waals surface area contributed by atoms with E-state index in [2.05, 4.69) is 15.0 Å². The molecule has 0 amide bonds. The summed E-state index contributed by atoms with van der Waals surface area (Å²) in [6, 6.07) is 9.12. The van der Waals surface area contributed by atoms with Gasteiger partial charge in [0.1, 0.15) is 36.0 Å². The van der Waals surface area contributed by atoms with Crippen molar-refractivity contribution >= 4 is 17.2 Å². The van der Waals surface area contributed by atoms with Gasteiger partial charge in [-0.25, -0.2) is 9.97 Å². The van der Waals surface area contributed by atoms with E-state index in [-0.39, 0.29) is 6.04 Å². The van der Waals surface area contributed by atoms with Gasteiger partial charge < -0.3 is 19.5 Å². The van der Waals surface area contributed by atoms with Crippen molar-refractivity contribution in [2.24, 2.45) is 4.99 Å². The first-order chi connectivity index (χ1) is 13.1. The van der Waals surface area contributed by atoms with Crippen LogP contribution in [0, 0.1) is 6.92 Å². The van der Waals surface area contributed by atoms with Gasteiger partial charge in [-0.2, -0.15) is 0 Å².